The number of halogens is 1. The number of nitrogens with zero attached hydrogens (tertiary/aromatic N) is 2. The van der Waals surface area contributed by atoms with Crippen molar-refractivity contribution in [2.45, 2.75) is 13.8 Å². The summed E-state index contributed by atoms with van der Waals surface area (Å²) in [6.07, 6.45) is 0. The average Bonchev–Trinajstić information content (AvgIpc) is 2.29. The van der Waals surface area contributed by atoms with Crippen LogP contribution < -0.4 is 0 Å². The third-order valence-electron chi connectivity index (χ3n) is 1.68. The fourth-order valence-electron chi connectivity index (χ4n) is 1.22. The molecule has 4 heteroatoms. The van der Waals surface area contributed by atoms with E-state index in [4.69, 9.17) is 0 Å². The molecule has 62 valence electrons. The molecule has 0 radical (unpaired) electrons. The number of aryl methyl sites for hydroxylation is 2. The lowest BCUT2D eigenvalue weighted by Gasteiger charge is -1.94. The van der Waals surface area contributed by atoms with E-state index in [9.17, 15) is 0 Å². The largest absolute Gasteiger partial charge is 0.355 e. The third-order valence-corrected chi connectivity index (χ3v) is 2.46. The molecule has 0 bridgehead atoms. The fraction of sp³-hybridized carbons (Fsp3) is 0.250. The Morgan fingerprint density at radius 2 is 2.08 bits per heavy atom. The van der Waals surface area contributed by atoms with Crippen molar-refractivity contribution in [2.75, 3.05) is 0 Å². The Hall–Kier alpha value is -0.650. The van der Waals surface area contributed by atoms with Gasteiger partial charge in [0.15, 0.2) is 0 Å². The number of hydrogen-bond acceptors (Lipinski definition) is 2. The highest BCUT2D eigenvalue weighted by molar-refractivity contribution is 14.1. The highest BCUT2D eigenvalue weighted by Gasteiger charge is 2.04. The lowest BCUT2D eigenvalue weighted by atomic mass is 10.4. The first-order valence-corrected chi connectivity index (χ1v) is 4.74. The second-order valence-electron chi connectivity index (χ2n) is 2.77. The summed E-state index contributed by atoms with van der Waals surface area (Å²) in [5.74, 6) is 0.825. The van der Waals surface area contributed by atoms with Crippen LogP contribution in [0.3, 0.4) is 0 Å². The molecule has 1 N–H and O–H groups in total. The minimum absolute atomic E-state index is 0.825. The first-order valence-electron chi connectivity index (χ1n) is 3.66. The molecule has 0 aliphatic rings. The fourth-order valence-corrected chi connectivity index (χ4v) is 1.98. The average molecular weight is 273 g/mol. The standard InChI is InChI=1S/C8H8IN3/c1-4-3-6-7(10-4)8(9)12-5(2)11-6/h3,10H,1-2H3. The molecule has 0 aliphatic heterocycles. The number of rotatable bonds is 0. The highest BCUT2D eigenvalue weighted by Crippen LogP contribution is 2.17. The molecule has 0 unspecified atom stereocenters. The van der Waals surface area contributed by atoms with E-state index in [-0.39, 0.29) is 0 Å². The monoisotopic (exact) mass is 273 g/mol. The molecule has 0 saturated heterocycles. The Bertz CT molecular complexity index is 433. The Kier molecular flexibility index (Phi) is 1.79. The number of aromatic amines is 1. The van der Waals surface area contributed by atoms with Crippen molar-refractivity contribution in [3.8, 4) is 0 Å². The predicted octanol–water partition coefficient (Wildman–Crippen LogP) is 2.18. The molecule has 0 aromatic carbocycles. The molecule has 0 aliphatic carbocycles. The normalized spacial score (nSPS) is 10.9. The molecule has 0 atom stereocenters. The van der Waals surface area contributed by atoms with Crippen LogP contribution in [0.5, 0.6) is 0 Å². The maximum absolute atomic E-state index is 4.31. The highest BCUT2D eigenvalue weighted by atomic mass is 127. The Labute approximate surface area is 83.8 Å². The van der Waals surface area contributed by atoms with Crippen molar-refractivity contribution in [1.29, 1.82) is 0 Å². The molecule has 12 heavy (non-hydrogen) atoms. The second kappa shape index (κ2) is 2.69. The molecule has 0 amide bonds. The van der Waals surface area contributed by atoms with Crippen molar-refractivity contribution in [2.24, 2.45) is 0 Å². The van der Waals surface area contributed by atoms with E-state index >= 15 is 0 Å². The van der Waals surface area contributed by atoms with Crippen molar-refractivity contribution < 1.29 is 0 Å². The second-order valence-corrected chi connectivity index (χ2v) is 3.80. The number of H-pyrrole nitrogens is 1. The quantitative estimate of drug-likeness (QED) is 0.590. The number of hydrogen-bond donors (Lipinski definition) is 1. The van der Waals surface area contributed by atoms with Crippen LogP contribution in [0.4, 0.5) is 0 Å². The molecule has 2 aromatic rings. The molecule has 3 nitrogen and oxygen atoms in total. The van der Waals surface area contributed by atoms with Crippen LogP contribution in [-0.4, -0.2) is 15.0 Å². The zero-order chi connectivity index (χ0) is 8.72. The lowest BCUT2D eigenvalue weighted by molar-refractivity contribution is 1.07. The van der Waals surface area contributed by atoms with Gasteiger partial charge in [-0.2, -0.15) is 0 Å². The molecule has 0 spiro atoms. The van der Waals surface area contributed by atoms with Crippen molar-refractivity contribution in [3.05, 3.63) is 21.3 Å². The molecule has 2 heterocycles. The number of fused-ring (bicyclic) bond motifs is 1. The summed E-state index contributed by atoms with van der Waals surface area (Å²) in [7, 11) is 0. The van der Waals surface area contributed by atoms with Crippen LogP contribution in [0.2, 0.25) is 0 Å². The van der Waals surface area contributed by atoms with E-state index in [2.05, 4.69) is 37.5 Å². The van der Waals surface area contributed by atoms with E-state index in [0.29, 0.717) is 0 Å². The van der Waals surface area contributed by atoms with E-state index in [1.54, 1.807) is 0 Å². The minimum Gasteiger partial charge on any atom is -0.355 e. The summed E-state index contributed by atoms with van der Waals surface area (Å²) in [6.45, 7) is 3.93. The molecule has 2 rings (SSSR count). The SMILES string of the molecule is Cc1nc(I)c2[nH]c(C)cc2n1. The van der Waals surface area contributed by atoms with Crippen LogP contribution >= 0.6 is 22.6 Å². The molecular weight excluding hydrogens is 265 g/mol. The van der Waals surface area contributed by atoms with Gasteiger partial charge >= 0.3 is 0 Å². The van der Waals surface area contributed by atoms with E-state index in [0.717, 1.165) is 26.3 Å². The summed E-state index contributed by atoms with van der Waals surface area (Å²) >= 11 is 2.21. The van der Waals surface area contributed by atoms with Gasteiger partial charge < -0.3 is 4.98 Å². The van der Waals surface area contributed by atoms with Gasteiger partial charge in [-0.25, -0.2) is 9.97 Å². The van der Waals surface area contributed by atoms with Gasteiger partial charge in [0.2, 0.25) is 0 Å². The first kappa shape index (κ1) is 7.97. The summed E-state index contributed by atoms with van der Waals surface area (Å²) in [5.41, 5.74) is 3.17. The molecule has 0 saturated carbocycles. The Balaban J connectivity index is 2.88. The van der Waals surface area contributed by atoms with Crippen LogP contribution in [0.25, 0.3) is 11.0 Å². The summed E-state index contributed by atoms with van der Waals surface area (Å²) in [6, 6.07) is 2.03. The van der Waals surface area contributed by atoms with Gasteiger partial charge in [-0.3, -0.25) is 0 Å². The van der Waals surface area contributed by atoms with Crippen LogP contribution in [0.15, 0.2) is 6.07 Å². The lowest BCUT2D eigenvalue weighted by Crippen LogP contribution is -1.90. The van der Waals surface area contributed by atoms with E-state index in [1.165, 1.54) is 0 Å². The van der Waals surface area contributed by atoms with Crippen LogP contribution in [0, 0.1) is 17.5 Å². The number of aromatic nitrogens is 3. The van der Waals surface area contributed by atoms with Gasteiger partial charge in [-0.15, -0.1) is 0 Å². The zero-order valence-corrected chi connectivity index (χ0v) is 9.01. The molecule has 0 fully saturated rings. The number of nitrogens with one attached hydrogen (secondary N) is 1. The molecular formula is C8H8IN3. The van der Waals surface area contributed by atoms with Gasteiger partial charge in [0, 0.05) is 5.69 Å². The Morgan fingerprint density at radius 3 is 2.83 bits per heavy atom. The van der Waals surface area contributed by atoms with Gasteiger partial charge in [-0.05, 0) is 42.5 Å². The van der Waals surface area contributed by atoms with Gasteiger partial charge in [0.1, 0.15) is 9.53 Å². The molecule has 2 aromatic heterocycles. The Morgan fingerprint density at radius 1 is 1.33 bits per heavy atom. The van der Waals surface area contributed by atoms with E-state index in [1.807, 2.05) is 19.9 Å². The van der Waals surface area contributed by atoms with Gasteiger partial charge in [-0.1, -0.05) is 0 Å². The van der Waals surface area contributed by atoms with Crippen molar-refractivity contribution in [3.63, 3.8) is 0 Å². The van der Waals surface area contributed by atoms with Crippen LogP contribution in [0.1, 0.15) is 11.5 Å². The van der Waals surface area contributed by atoms with Crippen molar-refractivity contribution >= 4 is 33.6 Å². The van der Waals surface area contributed by atoms with E-state index < -0.39 is 0 Å². The van der Waals surface area contributed by atoms with Gasteiger partial charge in [0.25, 0.3) is 0 Å². The van der Waals surface area contributed by atoms with Crippen molar-refractivity contribution in [1.82, 2.24) is 15.0 Å². The summed E-state index contributed by atoms with van der Waals surface area (Å²) in [5, 5.41) is 0. The van der Waals surface area contributed by atoms with Gasteiger partial charge in [0.05, 0.1) is 11.0 Å². The maximum atomic E-state index is 4.31. The third kappa shape index (κ3) is 1.20. The zero-order valence-electron chi connectivity index (χ0n) is 6.85. The summed E-state index contributed by atoms with van der Waals surface area (Å²) in [4.78, 5) is 11.8. The first-order chi connectivity index (χ1) is 5.66. The maximum Gasteiger partial charge on any atom is 0.129 e. The minimum atomic E-state index is 0.825. The summed E-state index contributed by atoms with van der Waals surface area (Å²) < 4.78 is 0.989. The smallest absolute Gasteiger partial charge is 0.129 e. The predicted molar refractivity (Wildman–Crippen MR) is 56.1 cm³/mol. The topological polar surface area (TPSA) is 41.6 Å². The van der Waals surface area contributed by atoms with Crippen LogP contribution in [-0.2, 0) is 0 Å².